The van der Waals surface area contributed by atoms with Crippen LogP contribution in [-0.4, -0.2) is 59.2 Å². The van der Waals surface area contributed by atoms with Crippen LogP contribution in [0.1, 0.15) is 25.7 Å². The van der Waals surface area contributed by atoms with Crippen LogP contribution in [0.2, 0.25) is 25.1 Å². The first-order chi connectivity index (χ1) is 16.3. The number of halogens is 5. The molecule has 1 aliphatic rings. The van der Waals surface area contributed by atoms with Crippen LogP contribution < -0.4 is 27.3 Å². The van der Waals surface area contributed by atoms with E-state index in [4.69, 9.17) is 79.9 Å². The number of benzene rings is 1. The summed E-state index contributed by atoms with van der Waals surface area (Å²) < 4.78 is 5.31. The minimum absolute atomic E-state index is 0.0979. The van der Waals surface area contributed by atoms with Gasteiger partial charge in [-0.2, -0.15) is 0 Å². The van der Waals surface area contributed by atoms with Crippen molar-refractivity contribution in [3.63, 3.8) is 0 Å². The molecule has 1 saturated heterocycles. The average molecular weight is 592 g/mol. The third-order valence-corrected chi connectivity index (χ3v) is 7.20. The molecule has 7 N–H and O–H groups in total. The zero-order valence-corrected chi connectivity index (χ0v) is 21.6. The minimum Gasteiger partial charge on any atom is -0.422 e. The van der Waals surface area contributed by atoms with E-state index in [2.05, 4.69) is 5.32 Å². The molecule has 0 radical (unpaired) electrons. The predicted molar refractivity (Wildman–Crippen MR) is 129 cm³/mol. The van der Waals surface area contributed by atoms with Crippen LogP contribution in [-0.2, 0) is 24.0 Å². The molecule has 192 valence electrons. The number of primary amides is 2. The molecule has 1 aliphatic heterocycles. The van der Waals surface area contributed by atoms with Gasteiger partial charge < -0.3 is 32.2 Å². The molecule has 0 aromatic heterocycles. The van der Waals surface area contributed by atoms with Crippen LogP contribution in [0.15, 0.2) is 0 Å². The third kappa shape index (κ3) is 7.02. The zero-order chi connectivity index (χ0) is 26.6. The third-order valence-electron chi connectivity index (χ3n) is 4.96. The summed E-state index contributed by atoms with van der Waals surface area (Å²) in [5.74, 6) is -4.74. The Bertz CT molecular complexity index is 1040. The first-order valence-electron chi connectivity index (χ1n) is 9.92. The monoisotopic (exact) mass is 589 g/mol. The van der Waals surface area contributed by atoms with Crippen LogP contribution in [0, 0.1) is 0 Å². The molecule has 35 heavy (non-hydrogen) atoms. The second kappa shape index (κ2) is 12.3. The summed E-state index contributed by atoms with van der Waals surface area (Å²) >= 11 is 30.1. The number of hydrogen-bond acceptors (Lipinski definition) is 7. The van der Waals surface area contributed by atoms with Gasteiger partial charge in [0.05, 0.1) is 34.0 Å². The fourth-order valence-corrected chi connectivity index (χ4v) is 4.51. The first kappa shape index (κ1) is 29.2. The van der Waals surface area contributed by atoms with Gasteiger partial charge in [0.1, 0.15) is 22.1 Å². The van der Waals surface area contributed by atoms with Crippen molar-refractivity contribution in [3.8, 4) is 5.75 Å². The van der Waals surface area contributed by atoms with E-state index in [0.29, 0.717) is 6.42 Å². The van der Waals surface area contributed by atoms with Crippen molar-refractivity contribution < 1.29 is 28.7 Å². The van der Waals surface area contributed by atoms with Crippen molar-refractivity contribution in [3.05, 3.63) is 25.1 Å². The highest BCUT2D eigenvalue weighted by Gasteiger charge is 2.40. The Morgan fingerprint density at radius 3 is 1.94 bits per heavy atom. The number of amides is 4. The number of rotatable bonds is 9. The van der Waals surface area contributed by atoms with E-state index in [1.807, 2.05) is 0 Å². The molecule has 1 heterocycles. The number of nitrogens with zero attached hydrogens (tertiary/aromatic N) is 1. The van der Waals surface area contributed by atoms with Gasteiger partial charge in [0.2, 0.25) is 23.6 Å². The maximum absolute atomic E-state index is 13.2. The summed E-state index contributed by atoms with van der Waals surface area (Å²) in [5, 5.41) is 1.21. The Balaban J connectivity index is 2.25. The van der Waals surface area contributed by atoms with E-state index < -0.39 is 60.6 Å². The predicted octanol–water partition coefficient (Wildman–Crippen LogP) is 1.41. The fourth-order valence-electron chi connectivity index (χ4n) is 3.31. The van der Waals surface area contributed by atoms with Gasteiger partial charge >= 0.3 is 5.97 Å². The van der Waals surface area contributed by atoms with Crippen molar-refractivity contribution in [1.82, 2.24) is 10.2 Å². The second-order valence-corrected chi connectivity index (χ2v) is 9.41. The largest absolute Gasteiger partial charge is 0.422 e. The molecule has 0 bridgehead atoms. The molecule has 16 heteroatoms. The van der Waals surface area contributed by atoms with Crippen LogP contribution in [0.4, 0.5) is 0 Å². The smallest absolute Gasteiger partial charge is 0.334 e. The second-order valence-electron chi connectivity index (χ2n) is 7.52. The summed E-state index contributed by atoms with van der Waals surface area (Å²) in [5.41, 5.74) is 15.8. The van der Waals surface area contributed by atoms with Crippen molar-refractivity contribution in [2.24, 2.45) is 17.2 Å². The highest BCUT2D eigenvalue weighted by Crippen LogP contribution is 2.48. The van der Waals surface area contributed by atoms with Gasteiger partial charge in [0.15, 0.2) is 5.75 Å². The Labute approximate surface area is 224 Å². The van der Waals surface area contributed by atoms with E-state index >= 15 is 0 Å². The molecular weight excluding hydrogens is 572 g/mol. The summed E-state index contributed by atoms with van der Waals surface area (Å²) in [6.07, 6.45) is -0.497. The minimum atomic E-state index is -1.46. The van der Waals surface area contributed by atoms with E-state index in [-0.39, 0.29) is 43.8 Å². The SMILES string of the molecule is NC(=O)C[C@H](NC(=O)[C@@H](N)CC(N)=O)C(=O)N1CCC[C@H]1C(=O)Oc1c(Cl)c(Cl)c(Cl)c(Cl)c1Cl. The highest BCUT2D eigenvalue weighted by atomic mass is 35.5. The molecule has 0 aliphatic carbocycles. The fraction of sp³-hybridized carbons (Fsp3) is 0.421. The van der Waals surface area contributed by atoms with Crippen molar-refractivity contribution >= 4 is 87.6 Å². The maximum Gasteiger partial charge on any atom is 0.334 e. The van der Waals surface area contributed by atoms with E-state index in [1.165, 1.54) is 0 Å². The van der Waals surface area contributed by atoms with Gasteiger partial charge in [-0.1, -0.05) is 58.0 Å². The molecule has 0 spiro atoms. The van der Waals surface area contributed by atoms with Crippen LogP contribution in [0.5, 0.6) is 5.75 Å². The standard InChI is InChI=1S/C19H20Cl5N5O6/c20-11-12(21)14(23)16(15(24)13(11)22)35-19(34)8-2-1-3-29(8)18(33)7(5-10(27)31)28-17(32)6(25)4-9(26)30/h6-8H,1-5,25H2,(H2,26,30)(H2,27,31)(H,28,32)/t6-,7-,8-/m0/s1. The Hall–Kier alpha value is -2.02. The zero-order valence-electron chi connectivity index (χ0n) is 17.8. The van der Waals surface area contributed by atoms with E-state index in [9.17, 15) is 24.0 Å². The maximum atomic E-state index is 13.2. The molecule has 1 aromatic rings. The molecule has 1 aromatic carbocycles. The number of likely N-dealkylation sites (tertiary alicyclic amines) is 1. The van der Waals surface area contributed by atoms with Crippen molar-refractivity contribution in [2.75, 3.05) is 6.54 Å². The first-order valence-corrected chi connectivity index (χ1v) is 11.8. The van der Waals surface area contributed by atoms with Gasteiger partial charge in [-0.3, -0.25) is 19.2 Å². The Morgan fingerprint density at radius 2 is 1.43 bits per heavy atom. The number of hydrogen-bond donors (Lipinski definition) is 4. The normalized spacial score (nSPS) is 17.0. The summed E-state index contributed by atoms with van der Waals surface area (Å²) in [4.78, 5) is 62.0. The lowest BCUT2D eigenvalue weighted by atomic mass is 10.1. The van der Waals surface area contributed by atoms with Crippen LogP contribution in [0.25, 0.3) is 0 Å². The van der Waals surface area contributed by atoms with Gasteiger partial charge in [0, 0.05) is 6.54 Å². The average Bonchev–Trinajstić information content (AvgIpc) is 3.27. The lowest BCUT2D eigenvalue weighted by molar-refractivity contribution is -0.148. The summed E-state index contributed by atoms with van der Waals surface area (Å²) in [6.45, 7) is 0.0979. The Morgan fingerprint density at radius 1 is 0.914 bits per heavy atom. The Kier molecular flexibility index (Phi) is 10.3. The van der Waals surface area contributed by atoms with Crippen LogP contribution in [0.3, 0.4) is 0 Å². The molecule has 4 amide bonds. The lowest BCUT2D eigenvalue weighted by Crippen LogP contribution is -2.56. The molecule has 0 saturated carbocycles. The highest BCUT2D eigenvalue weighted by molar-refractivity contribution is 6.55. The van der Waals surface area contributed by atoms with Gasteiger partial charge in [-0.15, -0.1) is 0 Å². The summed E-state index contributed by atoms with van der Waals surface area (Å²) in [6, 6.07) is -3.95. The molecule has 11 nitrogen and oxygen atoms in total. The lowest BCUT2D eigenvalue weighted by Gasteiger charge is -2.28. The van der Waals surface area contributed by atoms with Gasteiger partial charge in [-0.25, -0.2) is 4.79 Å². The quantitative estimate of drug-likeness (QED) is 0.145. The van der Waals surface area contributed by atoms with Crippen molar-refractivity contribution in [2.45, 2.75) is 43.8 Å². The number of esters is 1. The number of carbonyl (C=O) groups is 5. The van der Waals surface area contributed by atoms with Gasteiger partial charge in [-0.05, 0) is 12.8 Å². The summed E-state index contributed by atoms with van der Waals surface area (Å²) in [7, 11) is 0. The molecule has 0 unspecified atom stereocenters. The molecule has 3 atom stereocenters. The van der Waals surface area contributed by atoms with E-state index in [0.717, 1.165) is 4.90 Å². The molecule has 2 rings (SSSR count). The topological polar surface area (TPSA) is 188 Å². The number of nitrogens with two attached hydrogens (primary N) is 3. The van der Waals surface area contributed by atoms with Crippen molar-refractivity contribution in [1.29, 1.82) is 0 Å². The van der Waals surface area contributed by atoms with E-state index in [1.54, 1.807) is 0 Å². The number of carbonyl (C=O) groups excluding carboxylic acids is 5. The number of nitrogens with one attached hydrogen (secondary N) is 1. The molecule has 1 fully saturated rings. The molecular formula is C19H20Cl5N5O6. The van der Waals surface area contributed by atoms with Gasteiger partial charge in [0.25, 0.3) is 0 Å². The van der Waals surface area contributed by atoms with Crippen LogP contribution >= 0.6 is 58.0 Å². The number of ether oxygens (including phenoxy) is 1.